The van der Waals surface area contributed by atoms with Gasteiger partial charge in [-0.1, -0.05) is 17.7 Å². The highest BCUT2D eigenvalue weighted by Gasteiger charge is 2.16. The second kappa shape index (κ2) is 8.16. The molecule has 0 atom stereocenters. The van der Waals surface area contributed by atoms with Crippen molar-refractivity contribution in [3.8, 4) is 0 Å². The Morgan fingerprint density at radius 1 is 1.14 bits per heavy atom. The van der Waals surface area contributed by atoms with Gasteiger partial charge in [0.1, 0.15) is 6.33 Å². The van der Waals surface area contributed by atoms with E-state index in [0.29, 0.717) is 12.2 Å². The fourth-order valence-electron chi connectivity index (χ4n) is 3.08. The van der Waals surface area contributed by atoms with Gasteiger partial charge in [0.05, 0.1) is 6.54 Å². The molecular formula is C20H24N6O2. The number of anilines is 1. The van der Waals surface area contributed by atoms with Crippen molar-refractivity contribution < 1.29 is 9.59 Å². The Hall–Kier alpha value is -3.29. The van der Waals surface area contributed by atoms with Gasteiger partial charge >= 0.3 is 0 Å². The summed E-state index contributed by atoms with van der Waals surface area (Å²) in [7, 11) is 1.63. The van der Waals surface area contributed by atoms with Crippen LogP contribution in [0.5, 0.6) is 0 Å². The van der Waals surface area contributed by atoms with E-state index in [1.165, 1.54) is 11.2 Å². The number of aryl methyl sites for hydroxylation is 3. The summed E-state index contributed by atoms with van der Waals surface area (Å²) in [6.45, 7) is 5.83. The van der Waals surface area contributed by atoms with Gasteiger partial charge in [0.15, 0.2) is 0 Å². The third kappa shape index (κ3) is 4.33. The lowest BCUT2D eigenvalue weighted by molar-refractivity contribution is -0.133. The standard InChI is InChI=1S/C20H24N6O2/c1-13-5-7-16(8-6-13)24-18(27)11-25(4)19(28)10-9-17-14(2)23-20-21-12-22-26(20)15(17)3/h5-8,12H,9-11H2,1-4H3,(H,24,27). The van der Waals surface area contributed by atoms with Crippen molar-refractivity contribution in [3.05, 3.63) is 53.1 Å². The summed E-state index contributed by atoms with van der Waals surface area (Å²) in [5, 5.41) is 6.96. The zero-order valence-electron chi connectivity index (χ0n) is 16.6. The third-order valence-electron chi connectivity index (χ3n) is 4.72. The van der Waals surface area contributed by atoms with Crippen LogP contribution in [0.1, 0.15) is 28.9 Å². The molecule has 0 aliphatic carbocycles. The number of nitrogens with zero attached hydrogens (tertiary/aromatic N) is 5. The van der Waals surface area contributed by atoms with E-state index in [0.717, 1.165) is 28.2 Å². The average molecular weight is 380 g/mol. The van der Waals surface area contributed by atoms with Crippen LogP contribution in [-0.2, 0) is 16.0 Å². The van der Waals surface area contributed by atoms with Gasteiger partial charge in [0.25, 0.3) is 5.78 Å². The topological polar surface area (TPSA) is 92.5 Å². The predicted molar refractivity (Wildman–Crippen MR) is 106 cm³/mol. The minimum atomic E-state index is -0.224. The summed E-state index contributed by atoms with van der Waals surface area (Å²) < 4.78 is 1.67. The Balaban J connectivity index is 1.57. The molecule has 28 heavy (non-hydrogen) atoms. The van der Waals surface area contributed by atoms with E-state index in [2.05, 4.69) is 20.4 Å². The molecule has 0 aliphatic rings. The van der Waals surface area contributed by atoms with Gasteiger partial charge < -0.3 is 10.2 Å². The van der Waals surface area contributed by atoms with Crippen LogP contribution in [0.4, 0.5) is 5.69 Å². The molecule has 8 nitrogen and oxygen atoms in total. The lowest BCUT2D eigenvalue weighted by Crippen LogP contribution is -2.35. The van der Waals surface area contributed by atoms with Crippen LogP contribution in [-0.4, -0.2) is 49.9 Å². The highest BCUT2D eigenvalue weighted by atomic mass is 16.2. The zero-order chi connectivity index (χ0) is 20.3. The first-order valence-electron chi connectivity index (χ1n) is 9.11. The summed E-state index contributed by atoms with van der Waals surface area (Å²) in [5.41, 5.74) is 4.58. The van der Waals surface area contributed by atoms with Crippen molar-refractivity contribution in [1.29, 1.82) is 0 Å². The number of nitrogens with one attached hydrogen (secondary N) is 1. The summed E-state index contributed by atoms with van der Waals surface area (Å²) in [6, 6.07) is 7.53. The van der Waals surface area contributed by atoms with Gasteiger partial charge in [-0.2, -0.15) is 10.1 Å². The highest BCUT2D eigenvalue weighted by molar-refractivity contribution is 5.94. The fourth-order valence-corrected chi connectivity index (χ4v) is 3.08. The van der Waals surface area contributed by atoms with Crippen LogP contribution >= 0.6 is 0 Å². The van der Waals surface area contributed by atoms with Gasteiger partial charge in [0, 0.05) is 30.5 Å². The molecule has 0 aliphatic heterocycles. The molecule has 0 bridgehead atoms. The number of benzene rings is 1. The second-order valence-corrected chi connectivity index (χ2v) is 6.90. The van der Waals surface area contributed by atoms with Crippen molar-refractivity contribution in [2.24, 2.45) is 0 Å². The Labute approximate surface area is 163 Å². The zero-order valence-corrected chi connectivity index (χ0v) is 16.6. The van der Waals surface area contributed by atoms with E-state index in [9.17, 15) is 9.59 Å². The van der Waals surface area contributed by atoms with Gasteiger partial charge in [-0.15, -0.1) is 0 Å². The van der Waals surface area contributed by atoms with E-state index in [-0.39, 0.29) is 24.8 Å². The average Bonchev–Trinajstić information content (AvgIpc) is 3.11. The SMILES string of the molecule is Cc1ccc(NC(=O)CN(C)C(=O)CCc2c(C)nc3ncnn3c2C)cc1. The largest absolute Gasteiger partial charge is 0.336 e. The summed E-state index contributed by atoms with van der Waals surface area (Å²) in [6.07, 6.45) is 2.28. The monoisotopic (exact) mass is 380 g/mol. The van der Waals surface area contributed by atoms with Crippen molar-refractivity contribution in [3.63, 3.8) is 0 Å². The number of carbonyl (C=O) groups excluding carboxylic acids is 2. The van der Waals surface area contributed by atoms with E-state index in [1.54, 1.807) is 11.6 Å². The predicted octanol–water partition coefficient (Wildman–Crippen LogP) is 2.08. The van der Waals surface area contributed by atoms with E-state index >= 15 is 0 Å². The quantitative estimate of drug-likeness (QED) is 0.707. The van der Waals surface area contributed by atoms with Crippen molar-refractivity contribution in [2.75, 3.05) is 18.9 Å². The maximum absolute atomic E-state index is 12.5. The van der Waals surface area contributed by atoms with Crippen LogP contribution < -0.4 is 5.32 Å². The molecule has 8 heteroatoms. The van der Waals surface area contributed by atoms with Gasteiger partial charge in [0.2, 0.25) is 11.8 Å². The molecule has 146 valence electrons. The van der Waals surface area contributed by atoms with E-state index in [1.807, 2.05) is 45.0 Å². The molecule has 0 spiro atoms. The molecule has 3 rings (SSSR count). The van der Waals surface area contributed by atoms with Crippen LogP contribution in [0.15, 0.2) is 30.6 Å². The number of aromatic nitrogens is 4. The number of hydrogen-bond acceptors (Lipinski definition) is 5. The molecule has 2 aromatic heterocycles. The van der Waals surface area contributed by atoms with Gasteiger partial charge in [-0.05, 0) is 44.9 Å². The maximum atomic E-state index is 12.5. The van der Waals surface area contributed by atoms with Gasteiger partial charge in [-0.3, -0.25) is 9.59 Å². The molecule has 2 heterocycles. The third-order valence-corrected chi connectivity index (χ3v) is 4.72. The smallest absolute Gasteiger partial charge is 0.252 e. The van der Waals surface area contributed by atoms with Crippen LogP contribution in [0.25, 0.3) is 5.78 Å². The van der Waals surface area contributed by atoms with Crippen LogP contribution in [0.3, 0.4) is 0 Å². The Bertz CT molecular complexity index is 1010. The van der Waals surface area contributed by atoms with Crippen molar-refractivity contribution >= 4 is 23.3 Å². The normalized spacial score (nSPS) is 10.9. The molecule has 0 radical (unpaired) electrons. The Morgan fingerprint density at radius 3 is 2.57 bits per heavy atom. The lowest BCUT2D eigenvalue weighted by Gasteiger charge is -2.17. The van der Waals surface area contributed by atoms with Crippen molar-refractivity contribution in [1.82, 2.24) is 24.5 Å². The van der Waals surface area contributed by atoms with Crippen molar-refractivity contribution in [2.45, 2.75) is 33.6 Å². The fraction of sp³-hybridized carbons (Fsp3) is 0.350. The molecular weight excluding hydrogens is 356 g/mol. The number of amides is 2. The molecule has 0 unspecified atom stereocenters. The summed E-state index contributed by atoms with van der Waals surface area (Å²) >= 11 is 0. The summed E-state index contributed by atoms with van der Waals surface area (Å²) in [4.78, 5) is 34.6. The number of fused-ring (bicyclic) bond motifs is 1. The molecule has 0 fully saturated rings. The molecule has 1 N–H and O–H groups in total. The maximum Gasteiger partial charge on any atom is 0.252 e. The number of hydrogen-bond donors (Lipinski definition) is 1. The molecule has 1 aromatic carbocycles. The second-order valence-electron chi connectivity index (χ2n) is 6.90. The Morgan fingerprint density at radius 2 is 1.86 bits per heavy atom. The minimum Gasteiger partial charge on any atom is -0.336 e. The first kappa shape index (κ1) is 19.5. The molecule has 2 amide bonds. The Kier molecular flexibility index (Phi) is 5.67. The number of rotatable bonds is 6. The lowest BCUT2D eigenvalue weighted by atomic mass is 10.1. The first-order valence-corrected chi connectivity index (χ1v) is 9.11. The minimum absolute atomic E-state index is 0.00500. The molecule has 3 aromatic rings. The molecule has 0 saturated carbocycles. The van der Waals surface area contributed by atoms with Crippen LogP contribution in [0.2, 0.25) is 0 Å². The number of likely N-dealkylation sites (N-methyl/N-ethyl adjacent to an activating group) is 1. The van der Waals surface area contributed by atoms with E-state index in [4.69, 9.17) is 0 Å². The van der Waals surface area contributed by atoms with Crippen LogP contribution in [0, 0.1) is 20.8 Å². The first-order chi connectivity index (χ1) is 13.3. The highest BCUT2D eigenvalue weighted by Crippen LogP contribution is 2.15. The molecule has 0 saturated heterocycles. The van der Waals surface area contributed by atoms with E-state index < -0.39 is 0 Å². The van der Waals surface area contributed by atoms with Gasteiger partial charge in [-0.25, -0.2) is 9.50 Å². The summed E-state index contributed by atoms with van der Waals surface area (Å²) in [5.74, 6) is 0.226. The number of carbonyl (C=O) groups is 2.